The normalized spacial score (nSPS) is 11.7. The van der Waals surface area contributed by atoms with E-state index in [4.69, 9.17) is 21.4 Å². The predicted octanol–water partition coefficient (Wildman–Crippen LogP) is 2.20. The van der Waals surface area contributed by atoms with Crippen LogP contribution in [0.3, 0.4) is 0 Å². The fourth-order valence-corrected chi connectivity index (χ4v) is 2.44. The highest BCUT2D eigenvalue weighted by atomic mass is 35.5. The van der Waals surface area contributed by atoms with Crippen LogP contribution in [-0.4, -0.2) is 42.0 Å². The van der Waals surface area contributed by atoms with Gasteiger partial charge < -0.3 is 15.2 Å². The number of carbonyl (C=O) groups excluding carboxylic acids is 1. The van der Waals surface area contributed by atoms with Gasteiger partial charge in [0.25, 0.3) is 0 Å². The van der Waals surface area contributed by atoms with Gasteiger partial charge in [0.2, 0.25) is 5.91 Å². The van der Waals surface area contributed by atoms with Crippen LogP contribution in [0.4, 0.5) is 0 Å². The third kappa shape index (κ3) is 6.66. The lowest BCUT2D eigenvalue weighted by Gasteiger charge is -2.14. The van der Waals surface area contributed by atoms with Crippen LogP contribution in [0.1, 0.15) is 0 Å². The molecule has 1 rings (SSSR count). The van der Waals surface area contributed by atoms with Crippen molar-refractivity contribution in [3.05, 3.63) is 41.9 Å². The molecular weight excluding hydrogens is 314 g/mol. The summed E-state index contributed by atoms with van der Waals surface area (Å²) in [5.74, 6) is -1.46. The minimum atomic E-state index is -1.14. The molecule has 0 heterocycles. The Kier molecular flexibility index (Phi) is 7.89. The van der Waals surface area contributed by atoms with E-state index in [0.717, 1.165) is 4.90 Å². The van der Waals surface area contributed by atoms with Gasteiger partial charge in [-0.1, -0.05) is 29.8 Å². The number of rotatable bonds is 9. The maximum absolute atomic E-state index is 11.8. The Bertz CT molecular complexity index is 510. The van der Waals surface area contributed by atoms with Crippen LogP contribution in [0.5, 0.6) is 0 Å². The van der Waals surface area contributed by atoms with Crippen molar-refractivity contribution in [2.45, 2.75) is 10.9 Å². The number of thioether (sulfide) groups is 1. The Morgan fingerprint density at radius 1 is 1.48 bits per heavy atom. The van der Waals surface area contributed by atoms with Crippen molar-refractivity contribution in [3.63, 3.8) is 0 Å². The quantitative estimate of drug-likeness (QED) is 0.413. The lowest BCUT2D eigenvalue weighted by atomic mass is 10.3. The third-order valence-electron chi connectivity index (χ3n) is 2.35. The van der Waals surface area contributed by atoms with Crippen LogP contribution < -0.4 is 5.32 Å². The van der Waals surface area contributed by atoms with E-state index < -0.39 is 17.9 Å². The second-order valence-corrected chi connectivity index (χ2v) is 5.43. The minimum Gasteiger partial charge on any atom is -0.480 e. The van der Waals surface area contributed by atoms with Crippen LogP contribution in [0.15, 0.2) is 41.8 Å². The molecule has 0 saturated carbocycles. The number of benzene rings is 1. The second-order valence-electron chi connectivity index (χ2n) is 4.00. The molecule has 1 aromatic rings. The molecule has 2 N–H and O–H groups in total. The Morgan fingerprint density at radius 3 is 2.81 bits per heavy atom. The SMILES string of the molecule is C=CCOCC(NC(=O)CSc1ccccc1Cl)C(=O)O. The summed E-state index contributed by atoms with van der Waals surface area (Å²) in [6, 6.07) is 6.05. The summed E-state index contributed by atoms with van der Waals surface area (Å²) in [5.41, 5.74) is 0. The van der Waals surface area contributed by atoms with Gasteiger partial charge in [-0.15, -0.1) is 18.3 Å². The molecule has 7 heteroatoms. The zero-order chi connectivity index (χ0) is 15.7. The molecule has 1 amide bonds. The number of ether oxygens (including phenoxy) is 1. The fourth-order valence-electron chi connectivity index (χ4n) is 1.39. The van der Waals surface area contributed by atoms with Gasteiger partial charge in [0.05, 0.1) is 24.0 Å². The van der Waals surface area contributed by atoms with Gasteiger partial charge in [-0.2, -0.15) is 0 Å². The van der Waals surface area contributed by atoms with Crippen molar-refractivity contribution in [2.75, 3.05) is 19.0 Å². The molecule has 114 valence electrons. The lowest BCUT2D eigenvalue weighted by Crippen LogP contribution is -2.44. The van der Waals surface area contributed by atoms with E-state index >= 15 is 0 Å². The highest BCUT2D eigenvalue weighted by Crippen LogP contribution is 2.26. The second kappa shape index (κ2) is 9.44. The molecule has 1 aromatic carbocycles. The summed E-state index contributed by atoms with van der Waals surface area (Å²) in [6.07, 6.45) is 1.51. The van der Waals surface area contributed by atoms with E-state index in [1.807, 2.05) is 6.07 Å². The summed E-state index contributed by atoms with van der Waals surface area (Å²) in [6.45, 7) is 3.58. The zero-order valence-electron chi connectivity index (χ0n) is 11.3. The number of hydrogen-bond acceptors (Lipinski definition) is 4. The summed E-state index contributed by atoms with van der Waals surface area (Å²) >= 11 is 7.22. The summed E-state index contributed by atoms with van der Waals surface area (Å²) in [4.78, 5) is 23.5. The molecule has 0 aliphatic rings. The Morgan fingerprint density at radius 2 is 2.19 bits per heavy atom. The van der Waals surface area contributed by atoms with Crippen molar-refractivity contribution in [2.24, 2.45) is 0 Å². The zero-order valence-corrected chi connectivity index (χ0v) is 12.8. The first-order valence-corrected chi connectivity index (χ1v) is 7.49. The van der Waals surface area contributed by atoms with Gasteiger partial charge >= 0.3 is 5.97 Å². The molecule has 0 bridgehead atoms. The van der Waals surface area contributed by atoms with Crippen LogP contribution in [0.2, 0.25) is 5.02 Å². The first-order valence-electron chi connectivity index (χ1n) is 6.12. The molecule has 5 nitrogen and oxygen atoms in total. The van der Waals surface area contributed by atoms with Crippen molar-refractivity contribution < 1.29 is 19.4 Å². The highest BCUT2D eigenvalue weighted by molar-refractivity contribution is 8.00. The smallest absolute Gasteiger partial charge is 0.328 e. The van der Waals surface area contributed by atoms with Gasteiger partial charge in [0, 0.05) is 4.90 Å². The Balaban J connectivity index is 2.45. The molecule has 0 saturated heterocycles. The number of aliphatic carboxylic acids is 1. The van der Waals surface area contributed by atoms with E-state index in [1.165, 1.54) is 17.8 Å². The molecule has 21 heavy (non-hydrogen) atoms. The average Bonchev–Trinajstić information content (AvgIpc) is 2.45. The molecule has 1 atom stereocenters. The number of hydrogen-bond donors (Lipinski definition) is 2. The topological polar surface area (TPSA) is 75.6 Å². The van der Waals surface area contributed by atoms with Crippen LogP contribution in [0, 0.1) is 0 Å². The van der Waals surface area contributed by atoms with Crippen molar-refractivity contribution in [1.82, 2.24) is 5.32 Å². The van der Waals surface area contributed by atoms with Gasteiger partial charge in [-0.3, -0.25) is 4.79 Å². The summed E-state index contributed by atoms with van der Waals surface area (Å²) < 4.78 is 5.05. The average molecular weight is 330 g/mol. The van der Waals surface area contributed by atoms with E-state index in [1.54, 1.807) is 18.2 Å². The highest BCUT2D eigenvalue weighted by Gasteiger charge is 2.20. The van der Waals surface area contributed by atoms with Crippen LogP contribution >= 0.6 is 23.4 Å². The lowest BCUT2D eigenvalue weighted by molar-refractivity contribution is -0.143. The first kappa shape index (κ1) is 17.6. The number of carbonyl (C=O) groups is 2. The first-order chi connectivity index (χ1) is 10.0. The maximum atomic E-state index is 11.8. The number of halogens is 1. The molecule has 0 spiro atoms. The third-order valence-corrected chi connectivity index (χ3v) is 3.86. The molecule has 0 aromatic heterocycles. The number of nitrogens with one attached hydrogen (secondary N) is 1. The molecule has 1 unspecified atom stereocenters. The Labute approximate surface area is 132 Å². The van der Waals surface area contributed by atoms with Gasteiger partial charge in [0.15, 0.2) is 6.04 Å². The Hall–Kier alpha value is -1.50. The standard InChI is InChI=1S/C14H16ClNO4S/c1-2-7-20-8-11(14(18)19)16-13(17)9-21-12-6-4-3-5-10(12)15/h2-6,11H,1,7-9H2,(H,16,17)(H,18,19). The summed E-state index contributed by atoms with van der Waals surface area (Å²) in [5, 5.41) is 12.0. The predicted molar refractivity (Wildman–Crippen MR) is 82.8 cm³/mol. The number of amides is 1. The monoisotopic (exact) mass is 329 g/mol. The van der Waals surface area contributed by atoms with Crippen molar-refractivity contribution in [3.8, 4) is 0 Å². The fraction of sp³-hybridized carbons (Fsp3) is 0.286. The number of carboxylic acids is 1. The largest absolute Gasteiger partial charge is 0.480 e. The molecular formula is C14H16ClNO4S. The molecule has 0 radical (unpaired) electrons. The summed E-state index contributed by atoms with van der Waals surface area (Å²) in [7, 11) is 0. The van der Waals surface area contributed by atoms with Gasteiger partial charge in [-0.25, -0.2) is 4.79 Å². The van der Waals surface area contributed by atoms with E-state index in [-0.39, 0.29) is 19.0 Å². The van der Waals surface area contributed by atoms with E-state index in [2.05, 4.69) is 11.9 Å². The van der Waals surface area contributed by atoms with Gasteiger partial charge in [0.1, 0.15) is 0 Å². The van der Waals surface area contributed by atoms with E-state index in [9.17, 15) is 9.59 Å². The number of carboxylic acid groups (broad SMARTS) is 1. The van der Waals surface area contributed by atoms with Gasteiger partial charge in [-0.05, 0) is 12.1 Å². The van der Waals surface area contributed by atoms with Crippen molar-refractivity contribution >= 4 is 35.2 Å². The van der Waals surface area contributed by atoms with Crippen molar-refractivity contribution in [1.29, 1.82) is 0 Å². The van der Waals surface area contributed by atoms with Crippen LogP contribution in [0.25, 0.3) is 0 Å². The maximum Gasteiger partial charge on any atom is 0.328 e. The molecule has 0 fully saturated rings. The minimum absolute atomic E-state index is 0.0783. The van der Waals surface area contributed by atoms with Crippen LogP contribution in [-0.2, 0) is 14.3 Å². The molecule has 0 aliphatic heterocycles. The molecule has 0 aliphatic carbocycles. The van der Waals surface area contributed by atoms with E-state index in [0.29, 0.717) is 5.02 Å².